The van der Waals surface area contributed by atoms with Crippen LogP contribution in [0.2, 0.25) is 10.0 Å². The normalized spacial score (nSPS) is 27.1. The summed E-state index contributed by atoms with van der Waals surface area (Å²) < 4.78 is 7.21. The van der Waals surface area contributed by atoms with Crippen molar-refractivity contribution in [2.75, 3.05) is 12.9 Å². The molecule has 1 aromatic heterocycles. The van der Waals surface area contributed by atoms with Crippen LogP contribution in [0.15, 0.2) is 17.2 Å². The standard InChI is InChI=1S/C15H15Cl2NO5S/c1-24-15-7(4-19)6-2-8(16)9(17)3-10(6)18(15)14-13(22)12(21)11(5-20)23-14/h2-4,11-14,20-22H,5H2,1H3/t11-,12?,13?,14-/m1/s1. The van der Waals surface area contributed by atoms with Crippen molar-refractivity contribution < 1.29 is 24.9 Å². The maximum Gasteiger partial charge on any atom is 0.164 e. The van der Waals surface area contributed by atoms with Crippen molar-refractivity contribution >= 4 is 52.2 Å². The second kappa shape index (κ2) is 6.84. The molecule has 0 aliphatic carbocycles. The summed E-state index contributed by atoms with van der Waals surface area (Å²) >= 11 is 13.5. The minimum Gasteiger partial charge on any atom is -0.394 e. The highest BCUT2D eigenvalue weighted by molar-refractivity contribution is 7.98. The van der Waals surface area contributed by atoms with Crippen molar-refractivity contribution in [3.8, 4) is 0 Å². The predicted molar refractivity (Wildman–Crippen MR) is 92.1 cm³/mol. The van der Waals surface area contributed by atoms with Crippen LogP contribution >= 0.6 is 35.0 Å². The first-order valence-corrected chi connectivity index (χ1v) is 9.07. The third-order valence-electron chi connectivity index (χ3n) is 4.12. The molecule has 24 heavy (non-hydrogen) atoms. The van der Waals surface area contributed by atoms with Gasteiger partial charge in [-0.1, -0.05) is 23.2 Å². The van der Waals surface area contributed by atoms with E-state index in [9.17, 15) is 20.1 Å². The summed E-state index contributed by atoms with van der Waals surface area (Å²) in [4.78, 5) is 11.6. The second-order valence-electron chi connectivity index (χ2n) is 5.42. The first-order chi connectivity index (χ1) is 11.4. The number of ether oxygens (including phenoxy) is 1. The molecule has 0 saturated carbocycles. The fourth-order valence-electron chi connectivity index (χ4n) is 2.97. The fraction of sp³-hybridized carbons (Fsp3) is 0.400. The van der Waals surface area contributed by atoms with Crippen molar-refractivity contribution in [2.45, 2.75) is 29.6 Å². The van der Waals surface area contributed by atoms with E-state index < -0.39 is 31.1 Å². The molecular weight excluding hydrogens is 377 g/mol. The number of fused-ring (bicyclic) bond motifs is 1. The molecular formula is C15H15Cl2NO5S. The van der Waals surface area contributed by atoms with Gasteiger partial charge in [0, 0.05) is 5.39 Å². The first kappa shape index (κ1) is 18.0. The summed E-state index contributed by atoms with van der Waals surface area (Å²) in [6.45, 7) is -0.435. The van der Waals surface area contributed by atoms with E-state index in [1.165, 1.54) is 11.8 Å². The first-order valence-electron chi connectivity index (χ1n) is 7.09. The molecule has 2 unspecified atom stereocenters. The number of hydrogen-bond donors (Lipinski definition) is 3. The highest BCUT2D eigenvalue weighted by atomic mass is 35.5. The Labute approximate surface area is 151 Å². The number of aldehydes is 1. The molecule has 6 nitrogen and oxygen atoms in total. The zero-order valence-electron chi connectivity index (χ0n) is 12.5. The number of aliphatic hydroxyl groups excluding tert-OH is 3. The lowest BCUT2D eigenvalue weighted by atomic mass is 10.1. The molecule has 0 amide bonds. The third kappa shape index (κ3) is 2.64. The molecule has 3 rings (SSSR count). The molecule has 0 bridgehead atoms. The summed E-state index contributed by atoms with van der Waals surface area (Å²) in [5.41, 5.74) is 0.944. The van der Waals surface area contributed by atoms with Gasteiger partial charge in [-0.2, -0.15) is 0 Å². The molecule has 1 fully saturated rings. The number of benzene rings is 1. The van der Waals surface area contributed by atoms with Crippen LogP contribution in [0.25, 0.3) is 10.9 Å². The van der Waals surface area contributed by atoms with Gasteiger partial charge >= 0.3 is 0 Å². The number of hydrogen-bond acceptors (Lipinski definition) is 6. The maximum atomic E-state index is 11.6. The van der Waals surface area contributed by atoms with Crippen molar-refractivity contribution in [1.29, 1.82) is 0 Å². The van der Waals surface area contributed by atoms with Gasteiger partial charge in [-0.15, -0.1) is 11.8 Å². The van der Waals surface area contributed by atoms with Gasteiger partial charge in [0.2, 0.25) is 0 Å². The van der Waals surface area contributed by atoms with Crippen LogP contribution < -0.4 is 0 Å². The van der Waals surface area contributed by atoms with E-state index in [4.69, 9.17) is 27.9 Å². The summed E-state index contributed by atoms with van der Waals surface area (Å²) in [5, 5.41) is 31.4. The number of nitrogens with zero attached hydrogens (tertiary/aromatic N) is 1. The number of aromatic nitrogens is 1. The molecule has 3 N–H and O–H groups in total. The Hall–Kier alpha value is -0.800. The highest BCUT2D eigenvalue weighted by Crippen LogP contribution is 2.41. The Morgan fingerprint density at radius 2 is 1.96 bits per heavy atom. The minimum atomic E-state index is -1.27. The van der Waals surface area contributed by atoms with Gasteiger partial charge < -0.3 is 24.6 Å². The molecule has 2 aromatic rings. The summed E-state index contributed by atoms with van der Waals surface area (Å²) in [5.74, 6) is 0. The number of thioether (sulfide) groups is 1. The Bertz CT molecular complexity index is 796. The lowest BCUT2D eigenvalue weighted by molar-refractivity contribution is -0.0540. The molecule has 2 heterocycles. The average molecular weight is 392 g/mol. The summed E-state index contributed by atoms with van der Waals surface area (Å²) in [7, 11) is 0. The molecule has 0 spiro atoms. The van der Waals surface area contributed by atoms with Crippen LogP contribution in [0, 0.1) is 0 Å². The van der Waals surface area contributed by atoms with Crippen LogP contribution in [0.5, 0.6) is 0 Å². The van der Waals surface area contributed by atoms with E-state index in [0.29, 0.717) is 37.8 Å². The summed E-state index contributed by atoms with van der Waals surface area (Å²) in [6.07, 6.45) is -1.90. The monoisotopic (exact) mass is 391 g/mol. The molecule has 0 radical (unpaired) electrons. The number of halogens is 2. The Kier molecular flexibility index (Phi) is 5.13. The van der Waals surface area contributed by atoms with Crippen LogP contribution in [0.4, 0.5) is 0 Å². The van der Waals surface area contributed by atoms with Crippen LogP contribution in [0.3, 0.4) is 0 Å². The molecule has 1 saturated heterocycles. The summed E-state index contributed by atoms with van der Waals surface area (Å²) in [6, 6.07) is 3.17. The second-order valence-corrected chi connectivity index (χ2v) is 7.03. The van der Waals surface area contributed by atoms with Crippen LogP contribution in [-0.4, -0.2) is 57.3 Å². The maximum absolute atomic E-state index is 11.6. The molecule has 1 aliphatic rings. The Morgan fingerprint density at radius 3 is 2.50 bits per heavy atom. The largest absolute Gasteiger partial charge is 0.394 e. The van der Waals surface area contributed by atoms with Gasteiger partial charge in [0.25, 0.3) is 0 Å². The van der Waals surface area contributed by atoms with Crippen molar-refractivity contribution in [3.05, 3.63) is 27.7 Å². The molecule has 1 aliphatic heterocycles. The number of rotatable bonds is 4. The Balaban J connectivity index is 2.27. The number of carbonyl (C=O) groups excluding carboxylic acids is 1. The van der Waals surface area contributed by atoms with E-state index in [0.717, 1.165) is 0 Å². The third-order valence-corrected chi connectivity index (χ3v) is 5.65. The average Bonchev–Trinajstić information content (AvgIpc) is 3.02. The number of carbonyl (C=O) groups is 1. The van der Waals surface area contributed by atoms with E-state index in [1.807, 2.05) is 0 Å². The van der Waals surface area contributed by atoms with Gasteiger partial charge in [-0.3, -0.25) is 4.79 Å². The van der Waals surface area contributed by atoms with Crippen molar-refractivity contribution in [1.82, 2.24) is 4.57 Å². The van der Waals surface area contributed by atoms with E-state index in [1.54, 1.807) is 23.0 Å². The highest BCUT2D eigenvalue weighted by Gasteiger charge is 2.44. The molecule has 9 heteroatoms. The lowest BCUT2D eigenvalue weighted by Gasteiger charge is -2.20. The zero-order chi connectivity index (χ0) is 17.6. The van der Waals surface area contributed by atoms with Gasteiger partial charge in [0.1, 0.15) is 18.3 Å². The quantitative estimate of drug-likeness (QED) is 0.545. The fourth-order valence-corrected chi connectivity index (χ4v) is 4.07. The molecule has 1 aromatic carbocycles. The van der Waals surface area contributed by atoms with Gasteiger partial charge in [0.15, 0.2) is 12.5 Å². The predicted octanol–water partition coefficient (Wildman–Crippen LogP) is 2.09. The van der Waals surface area contributed by atoms with Gasteiger partial charge in [-0.25, -0.2) is 0 Å². The van der Waals surface area contributed by atoms with Gasteiger partial charge in [-0.05, 0) is 18.4 Å². The van der Waals surface area contributed by atoms with Gasteiger partial charge in [0.05, 0.1) is 32.8 Å². The van der Waals surface area contributed by atoms with Crippen molar-refractivity contribution in [3.63, 3.8) is 0 Å². The van der Waals surface area contributed by atoms with E-state index in [-0.39, 0.29) is 0 Å². The molecule has 4 atom stereocenters. The van der Waals surface area contributed by atoms with Crippen LogP contribution in [0.1, 0.15) is 16.6 Å². The topological polar surface area (TPSA) is 91.9 Å². The molecule has 130 valence electrons. The Morgan fingerprint density at radius 1 is 1.29 bits per heavy atom. The zero-order valence-corrected chi connectivity index (χ0v) is 14.8. The smallest absolute Gasteiger partial charge is 0.164 e. The number of aliphatic hydroxyl groups is 3. The SMILES string of the molecule is CSc1c(C=O)c2cc(Cl)c(Cl)cc2n1[C@@H]1O[C@H](CO)C(O)C1O. The minimum absolute atomic E-state index is 0.291. The van der Waals surface area contributed by atoms with E-state index in [2.05, 4.69) is 0 Å². The lowest BCUT2D eigenvalue weighted by Crippen LogP contribution is -2.33. The van der Waals surface area contributed by atoms with E-state index >= 15 is 0 Å². The van der Waals surface area contributed by atoms with Crippen LogP contribution in [-0.2, 0) is 4.74 Å². The van der Waals surface area contributed by atoms with Crippen molar-refractivity contribution in [2.24, 2.45) is 0 Å².